The minimum Gasteiger partial charge on any atom is -0.384 e. The minimum atomic E-state index is -0.540. The van der Waals surface area contributed by atoms with E-state index >= 15 is 0 Å². The quantitative estimate of drug-likeness (QED) is 0.524. The molecule has 1 heterocycles. The molecule has 5 heteroatoms. The van der Waals surface area contributed by atoms with Crippen molar-refractivity contribution in [3.05, 3.63) is 34.7 Å². The van der Waals surface area contributed by atoms with Crippen molar-refractivity contribution in [2.24, 2.45) is 11.5 Å². The molecule has 0 fully saturated rings. The van der Waals surface area contributed by atoms with E-state index < -0.39 is 5.91 Å². The number of nitrogens with two attached hydrogens (primary N) is 2. The summed E-state index contributed by atoms with van der Waals surface area (Å²) in [6, 6.07) is 7.41. The van der Waals surface area contributed by atoms with Crippen LogP contribution in [0.3, 0.4) is 0 Å². The smallest absolute Gasteiger partial charge is 0.259 e. The van der Waals surface area contributed by atoms with Crippen molar-refractivity contribution in [1.82, 2.24) is 0 Å². The molecule has 4 nitrogen and oxygen atoms in total. The number of hydrogen-bond donors (Lipinski definition) is 3. The van der Waals surface area contributed by atoms with E-state index in [1.807, 2.05) is 24.3 Å². The summed E-state index contributed by atoms with van der Waals surface area (Å²) in [7, 11) is 0. The molecule has 0 bridgehead atoms. The second-order valence-corrected chi connectivity index (χ2v) is 4.13. The Balaban J connectivity index is 2.86. The van der Waals surface area contributed by atoms with Gasteiger partial charge in [-0.05, 0) is 6.07 Å². The zero-order valence-electron chi connectivity index (χ0n) is 7.78. The summed E-state index contributed by atoms with van der Waals surface area (Å²) >= 11 is 1.26. The number of carbonyl (C=O) groups excluding carboxylic acids is 1. The molecule has 0 spiro atoms. The van der Waals surface area contributed by atoms with Crippen molar-refractivity contribution in [3.8, 4) is 0 Å². The van der Waals surface area contributed by atoms with Gasteiger partial charge in [-0.3, -0.25) is 10.2 Å². The fraction of sp³-hybridized carbons (Fsp3) is 0. The third-order valence-electron chi connectivity index (χ3n) is 2.09. The van der Waals surface area contributed by atoms with Gasteiger partial charge in [0, 0.05) is 15.6 Å². The zero-order chi connectivity index (χ0) is 11.0. The van der Waals surface area contributed by atoms with Gasteiger partial charge in [0.2, 0.25) is 0 Å². The fourth-order valence-electron chi connectivity index (χ4n) is 1.49. The summed E-state index contributed by atoms with van der Waals surface area (Å²) in [6.45, 7) is 0. The number of rotatable bonds is 2. The van der Waals surface area contributed by atoms with Crippen LogP contribution in [0.5, 0.6) is 0 Å². The normalized spacial score (nSPS) is 10.4. The molecular weight excluding hydrogens is 210 g/mol. The topological polar surface area (TPSA) is 93.0 Å². The van der Waals surface area contributed by atoms with Crippen LogP contribution in [0.4, 0.5) is 0 Å². The van der Waals surface area contributed by atoms with Gasteiger partial charge in [0.25, 0.3) is 5.91 Å². The molecule has 0 aliphatic heterocycles. The van der Waals surface area contributed by atoms with Crippen LogP contribution in [-0.2, 0) is 0 Å². The van der Waals surface area contributed by atoms with Crippen LogP contribution in [0.1, 0.15) is 15.2 Å². The Morgan fingerprint density at radius 2 is 1.93 bits per heavy atom. The van der Waals surface area contributed by atoms with Crippen molar-refractivity contribution in [2.45, 2.75) is 0 Å². The van der Waals surface area contributed by atoms with Crippen LogP contribution < -0.4 is 11.5 Å². The Morgan fingerprint density at radius 3 is 2.53 bits per heavy atom. The average molecular weight is 219 g/mol. The predicted octanol–water partition coefficient (Wildman–Crippen LogP) is 1.28. The zero-order valence-corrected chi connectivity index (χ0v) is 8.60. The van der Waals surface area contributed by atoms with Crippen molar-refractivity contribution < 1.29 is 4.79 Å². The third-order valence-corrected chi connectivity index (χ3v) is 3.27. The number of nitrogen functional groups attached to an aromatic ring is 1. The van der Waals surface area contributed by atoms with E-state index in [0.29, 0.717) is 10.4 Å². The van der Waals surface area contributed by atoms with Crippen molar-refractivity contribution in [2.75, 3.05) is 0 Å². The van der Waals surface area contributed by atoms with Crippen LogP contribution in [-0.4, -0.2) is 11.7 Å². The van der Waals surface area contributed by atoms with Gasteiger partial charge in [0.05, 0.1) is 0 Å². The molecule has 15 heavy (non-hydrogen) atoms. The molecule has 0 aliphatic carbocycles. The Labute approximate surface area is 90.0 Å². The number of benzene rings is 1. The summed E-state index contributed by atoms with van der Waals surface area (Å²) < 4.78 is 0.913. The second-order valence-electron chi connectivity index (χ2n) is 3.08. The van der Waals surface area contributed by atoms with E-state index in [1.165, 1.54) is 11.3 Å². The first-order valence-corrected chi connectivity index (χ1v) is 5.08. The first kappa shape index (κ1) is 9.67. The highest BCUT2D eigenvalue weighted by atomic mass is 32.1. The highest BCUT2D eigenvalue weighted by Gasteiger charge is 2.17. The lowest BCUT2D eigenvalue weighted by Gasteiger charge is -1.97. The maximum absolute atomic E-state index is 11.2. The Bertz CT molecular complexity index is 559. The lowest BCUT2D eigenvalue weighted by atomic mass is 10.1. The predicted molar refractivity (Wildman–Crippen MR) is 61.4 cm³/mol. The van der Waals surface area contributed by atoms with Gasteiger partial charge in [-0.15, -0.1) is 11.3 Å². The molecule has 1 amide bonds. The highest BCUT2D eigenvalue weighted by Crippen LogP contribution is 2.30. The van der Waals surface area contributed by atoms with E-state index in [2.05, 4.69) is 0 Å². The molecule has 76 valence electrons. The number of thiophene rings is 1. The van der Waals surface area contributed by atoms with Crippen molar-refractivity contribution >= 4 is 33.2 Å². The van der Waals surface area contributed by atoms with Gasteiger partial charge in [0.1, 0.15) is 10.7 Å². The van der Waals surface area contributed by atoms with E-state index in [1.54, 1.807) is 0 Å². The molecule has 1 aromatic heterocycles. The average Bonchev–Trinajstić information content (AvgIpc) is 2.56. The molecule has 0 unspecified atom stereocenters. The van der Waals surface area contributed by atoms with Gasteiger partial charge in [-0.2, -0.15) is 0 Å². The molecule has 5 N–H and O–H groups in total. The molecule has 0 saturated heterocycles. The molecule has 0 atom stereocenters. The fourth-order valence-corrected chi connectivity index (χ4v) is 2.56. The van der Waals surface area contributed by atoms with E-state index in [0.717, 1.165) is 10.1 Å². The molecule has 0 aliphatic rings. The van der Waals surface area contributed by atoms with Crippen LogP contribution in [0.25, 0.3) is 10.1 Å². The summed E-state index contributed by atoms with van der Waals surface area (Å²) in [5.41, 5.74) is 11.1. The summed E-state index contributed by atoms with van der Waals surface area (Å²) in [5, 5.41) is 8.25. The molecule has 1 aromatic carbocycles. The number of primary amides is 1. The maximum atomic E-state index is 11.2. The van der Waals surface area contributed by atoms with E-state index in [-0.39, 0.29) is 5.84 Å². The summed E-state index contributed by atoms with van der Waals surface area (Å²) in [4.78, 5) is 11.5. The number of fused-ring (bicyclic) bond motifs is 1. The van der Waals surface area contributed by atoms with Gasteiger partial charge in [0.15, 0.2) is 0 Å². The van der Waals surface area contributed by atoms with Crippen LogP contribution in [0.2, 0.25) is 0 Å². The molecule has 2 aromatic rings. The number of amidine groups is 1. The summed E-state index contributed by atoms with van der Waals surface area (Å²) in [6.07, 6.45) is 0. The Morgan fingerprint density at radius 1 is 1.27 bits per heavy atom. The molecule has 0 radical (unpaired) electrons. The summed E-state index contributed by atoms with van der Waals surface area (Å²) in [5.74, 6) is -0.664. The van der Waals surface area contributed by atoms with Gasteiger partial charge < -0.3 is 11.5 Å². The van der Waals surface area contributed by atoms with Crippen LogP contribution in [0, 0.1) is 5.41 Å². The van der Waals surface area contributed by atoms with Crippen molar-refractivity contribution in [1.29, 1.82) is 5.41 Å². The number of amides is 1. The first-order chi connectivity index (χ1) is 7.11. The van der Waals surface area contributed by atoms with Gasteiger partial charge >= 0.3 is 0 Å². The van der Waals surface area contributed by atoms with Gasteiger partial charge in [-0.1, -0.05) is 18.2 Å². The molecule has 2 rings (SSSR count). The van der Waals surface area contributed by atoms with Crippen LogP contribution in [0.15, 0.2) is 24.3 Å². The third kappa shape index (κ3) is 1.46. The number of nitrogens with one attached hydrogen (secondary N) is 1. The molecule has 0 saturated carbocycles. The lowest BCUT2D eigenvalue weighted by Crippen LogP contribution is -2.18. The van der Waals surface area contributed by atoms with Crippen molar-refractivity contribution in [3.63, 3.8) is 0 Å². The Hall–Kier alpha value is -1.88. The monoisotopic (exact) mass is 219 g/mol. The lowest BCUT2D eigenvalue weighted by molar-refractivity contribution is 0.100. The standard InChI is InChI=1S/C10H9N3OS/c11-9(12)7-5-3-1-2-4-6(5)15-8(7)10(13)14/h1-4H,(H3,11,12)(H2,13,14). The van der Waals surface area contributed by atoms with E-state index in [4.69, 9.17) is 16.9 Å². The SMILES string of the molecule is N=C(N)c1c(C(N)=O)sc2ccccc12. The molecular formula is C10H9N3OS. The highest BCUT2D eigenvalue weighted by molar-refractivity contribution is 7.21. The first-order valence-electron chi connectivity index (χ1n) is 4.27. The van der Waals surface area contributed by atoms with E-state index in [9.17, 15) is 4.79 Å². The minimum absolute atomic E-state index is 0.124. The van der Waals surface area contributed by atoms with Crippen LogP contribution >= 0.6 is 11.3 Å². The maximum Gasteiger partial charge on any atom is 0.259 e. The van der Waals surface area contributed by atoms with Gasteiger partial charge in [-0.25, -0.2) is 0 Å². The Kier molecular flexibility index (Phi) is 2.17. The second kappa shape index (κ2) is 3.36. The number of carbonyl (C=O) groups is 1. The number of hydrogen-bond acceptors (Lipinski definition) is 3. The largest absolute Gasteiger partial charge is 0.384 e.